The van der Waals surface area contributed by atoms with Crippen molar-refractivity contribution < 1.29 is 80.2 Å². The van der Waals surface area contributed by atoms with Gasteiger partial charge in [-0.15, -0.1) is 0 Å². The third kappa shape index (κ3) is 51.5. The molecular formula is C57H110O17P2. The maximum atomic E-state index is 12.9. The summed E-state index contributed by atoms with van der Waals surface area (Å²) in [6.45, 7) is 9.22. The van der Waals surface area contributed by atoms with Crippen molar-refractivity contribution in [3.05, 3.63) is 0 Å². The zero-order valence-electron chi connectivity index (χ0n) is 48.5. The van der Waals surface area contributed by atoms with Crippen molar-refractivity contribution >= 4 is 39.5 Å². The third-order valence-electron chi connectivity index (χ3n) is 13.0. The lowest BCUT2D eigenvalue weighted by molar-refractivity contribution is -0.161. The molecule has 19 heteroatoms. The summed E-state index contributed by atoms with van der Waals surface area (Å²) in [6.07, 6.45) is 29.7. The van der Waals surface area contributed by atoms with E-state index < -0.39 is 97.5 Å². The van der Waals surface area contributed by atoms with E-state index in [0.29, 0.717) is 37.5 Å². The first-order chi connectivity index (χ1) is 36.4. The van der Waals surface area contributed by atoms with Crippen LogP contribution in [0.25, 0.3) is 0 Å². The van der Waals surface area contributed by atoms with Gasteiger partial charge in [-0.05, 0) is 37.5 Å². The zero-order chi connectivity index (χ0) is 56.6. The Balaban J connectivity index is 5.22. The molecule has 0 aromatic heterocycles. The van der Waals surface area contributed by atoms with Crippen molar-refractivity contribution in [1.29, 1.82) is 0 Å². The lowest BCUT2D eigenvalue weighted by atomic mass is 10.0. The normalized spacial score (nSPS) is 14.5. The average Bonchev–Trinajstić information content (AvgIpc) is 3.37. The summed E-state index contributed by atoms with van der Waals surface area (Å²) in [4.78, 5) is 71.7. The van der Waals surface area contributed by atoms with Gasteiger partial charge in [0.05, 0.1) is 26.4 Å². The molecule has 0 bridgehead atoms. The van der Waals surface area contributed by atoms with Crippen LogP contribution in [0.3, 0.4) is 0 Å². The Bertz CT molecular complexity index is 1510. The van der Waals surface area contributed by atoms with Gasteiger partial charge in [0.15, 0.2) is 12.2 Å². The molecule has 0 aliphatic heterocycles. The van der Waals surface area contributed by atoms with Crippen molar-refractivity contribution in [2.24, 2.45) is 11.8 Å². The van der Waals surface area contributed by atoms with Crippen LogP contribution in [0, 0.1) is 11.8 Å². The number of aliphatic hydroxyl groups is 1. The number of unbranched alkanes of at least 4 members (excludes halogenated alkanes) is 26. The van der Waals surface area contributed by atoms with Crippen LogP contribution in [0.15, 0.2) is 0 Å². The lowest BCUT2D eigenvalue weighted by Crippen LogP contribution is -2.30. The van der Waals surface area contributed by atoms with E-state index in [4.69, 9.17) is 37.0 Å². The number of phosphoric acid groups is 2. The molecule has 0 heterocycles. The predicted octanol–water partition coefficient (Wildman–Crippen LogP) is 14.9. The van der Waals surface area contributed by atoms with E-state index >= 15 is 0 Å². The number of hydrogen-bond donors (Lipinski definition) is 3. The number of hydrogen-bond acceptors (Lipinski definition) is 15. The van der Waals surface area contributed by atoms with Crippen molar-refractivity contribution in [3.8, 4) is 0 Å². The highest BCUT2D eigenvalue weighted by atomic mass is 31.2. The minimum atomic E-state index is -4.93. The predicted molar refractivity (Wildman–Crippen MR) is 298 cm³/mol. The van der Waals surface area contributed by atoms with Crippen LogP contribution in [0.5, 0.6) is 0 Å². The Morgan fingerprint density at radius 1 is 0.355 bits per heavy atom. The highest BCUT2D eigenvalue weighted by molar-refractivity contribution is 7.47. The standard InChI is InChI=1S/C57H110O17P2/c1-7-9-11-13-15-17-18-20-29-35-41-56(61)73-52(46-68-55(60)40-34-28-23-21-25-31-37-49(3)4)47-71-75(63,64)69-43-51(58)44-70-76(65,66)72-48-53(45-67-54(59)39-33-27-19-16-14-12-10-8-2)74-57(62)42-36-30-24-22-26-32-38-50(5)6/h49-53,58H,7-48H2,1-6H3,(H,63,64)(H,65,66)/t51-,52-,53-/m1/s1. The van der Waals surface area contributed by atoms with Crippen LogP contribution >= 0.6 is 15.6 Å². The van der Waals surface area contributed by atoms with Gasteiger partial charge in [-0.3, -0.25) is 37.3 Å². The molecule has 3 N–H and O–H groups in total. The van der Waals surface area contributed by atoms with Gasteiger partial charge in [0.1, 0.15) is 19.3 Å². The van der Waals surface area contributed by atoms with E-state index in [9.17, 15) is 43.2 Å². The molecule has 0 spiro atoms. The zero-order valence-corrected chi connectivity index (χ0v) is 50.3. The van der Waals surface area contributed by atoms with E-state index in [-0.39, 0.29) is 25.7 Å². The van der Waals surface area contributed by atoms with E-state index in [1.165, 1.54) is 77.0 Å². The summed E-state index contributed by atoms with van der Waals surface area (Å²) in [5.41, 5.74) is 0. The van der Waals surface area contributed by atoms with Crippen molar-refractivity contribution in [1.82, 2.24) is 0 Å². The molecule has 76 heavy (non-hydrogen) atoms. The van der Waals surface area contributed by atoms with E-state index in [0.717, 1.165) is 103 Å². The quantitative estimate of drug-likeness (QED) is 0.0222. The highest BCUT2D eigenvalue weighted by Crippen LogP contribution is 2.45. The maximum Gasteiger partial charge on any atom is 0.472 e. The van der Waals surface area contributed by atoms with E-state index in [2.05, 4.69) is 41.5 Å². The Morgan fingerprint density at radius 2 is 0.605 bits per heavy atom. The number of aliphatic hydroxyl groups excluding tert-OH is 1. The number of rotatable bonds is 56. The topological polar surface area (TPSA) is 237 Å². The number of phosphoric ester groups is 2. The summed E-state index contributed by atoms with van der Waals surface area (Å²) in [5.74, 6) is -0.803. The van der Waals surface area contributed by atoms with Crippen LogP contribution < -0.4 is 0 Å². The molecule has 5 atom stereocenters. The molecule has 0 radical (unpaired) electrons. The molecule has 0 rings (SSSR count). The second-order valence-corrected chi connectivity index (χ2v) is 24.5. The first-order valence-corrected chi connectivity index (χ1v) is 33.0. The Kier molecular flexibility index (Phi) is 48.8. The van der Waals surface area contributed by atoms with E-state index in [1.54, 1.807) is 0 Å². The van der Waals surface area contributed by atoms with Crippen LogP contribution in [-0.2, 0) is 65.4 Å². The summed E-state index contributed by atoms with van der Waals surface area (Å²) in [5, 5.41) is 10.5. The lowest BCUT2D eigenvalue weighted by Gasteiger charge is -2.21. The molecule has 0 amide bonds. The monoisotopic (exact) mass is 1130 g/mol. The first kappa shape index (κ1) is 74.1. The minimum Gasteiger partial charge on any atom is -0.462 e. The smallest absolute Gasteiger partial charge is 0.462 e. The second-order valence-electron chi connectivity index (χ2n) is 21.6. The van der Waals surface area contributed by atoms with Crippen LogP contribution in [0.4, 0.5) is 0 Å². The average molecular weight is 1130 g/mol. The van der Waals surface area contributed by atoms with Gasteiger partial charge >= 0.3 is 39.5 Å². The SMILES string of the molecule is CCCCCCCCCCCCC(=O)O[C@H](COC(=O)CCCCCCCCC(C)C)COP(=O)(O)OC[C@@H](O)COP(=O)(O)OC[C@@H](COC(=O)CCCCCCCCCC)OC(=O)CCCCCCCCC(C)C. The molecule has 450 valence electrons. The molecular weight excluding hydrogens is 1020 g/mol. The molecule has 0 aliphatic rings. The molecule has 0 saturated carbocycles. The fourth-order valence-corrected chi connectivity index (χ4v) is 9.87. The van der Waals surface area contributed by atoms with Gasteiger partial charge in [-0.25, -0.2) is 9.13 Å². The Labute approximate surface area is 460 Å². The van der Waals surface area contributed by atoms with Gasteiger partial charge in [-0.1, -0.05) is 221 Å². The molecule has 17 nitrogen and oxygen atoms in total. The maximum absolute atomic E-state index is 12.9. The van der Waals surface area contributed by atoms with Gasteiger partial charge in [0.2, 0.25) is 0 Å². The van der Waals surface area contributed by atoms with Crippen LogP contribution in [0.1, 0.15) is 273 Å². The molecule has 0 aromatic rings. The van der Waals surface area contributed by atoms with Gasteiger partial charge < -0.3 is 33.8 Å². The fraction of sp³-hybridized carbons (Fsp3) is 0.930. The van der Waals surface area contributed by atoms with Crippen molar-refractivity contribution in [2.75, 3.05) is 39.6 Å². The minimum absolute atomic E-state index is 0.102. The largest absolute Gasteiger partial charge is 0.472 e. The summed E-state index contributed by atoms with van der Waals surface area (Å²) < 4.78 is 67.5. The number of ether oxygens (including phenoxy) is 4. The molecule has 0 fully saturated rings. The summed E-state index contributed by atoms with van der Waals surface area (Å²) in [6, 6.07) is 0. The number of carbonyl (C=O) groups is 4. The molecule has 0 saturated heterocycles. The van der Waals surface area contributed by atoms with Crippen LogP contribution in [0.2, 0.25) is 0 Å². The van der Waals surface area contributed by atoms with Gasteiger partial charge in [0.25, 0.3) is 0 Å². The van der Waals surface area contributed by atoms with E-state index in [1.807, 2.05) is 0 Å². The van der Waals surface area contributed by atoms with Crippen molar-refractivity contribution in [3.63, 3.8) is 0 Å². The molecule has 2 unspecified atom stereocenters. The van der Waals surface area contributed by atoms with Gasteiger partial charge in [-0.2, -0.15) is 0 Å². The number of carbonyl (C=O) groups excluding carboxylic acids is 4. The summed E-state index contributed by atoms with van der Waals surface area (Å²) >= 11 is 0. The molecule has 0 aromatic carbocycles. The first-order valence-electron chi connectivity index (χ1n) is 30.0. The van der Waals surface area contributed by atoms with Crippen molar-refractivity contribution in [2.45, 2.75) is 291 Å². The Hall–Kier alpha value is -1.94. The van der Waals surface area contributed by atoms with Crippen LogP contribution in [-0.4, -0.2) is 96.7 Å². The number of esters is 4. The fourth-order valence-electron chi connectivity index (χ4n) is 8.29. The second kappa shape index (κ2) is 50.1. The molecule has 0 aliphatic carbocycles. The van der Waals surface area contributed by atoms with Gasteiger partial charge in [0, 0.05) is 25.7 Å². The highest BCUT2D eigenvalue weighted by Gasteiger charge is 2.30. The Morgan fingerprint density at radius 3 is 0.895 bits per heavy atom. The third-order valence-corrected chi connectivity index (χ3v) is 14.9. The summed E-state index contributed by atoms with van der Waals surface area (Å²) in [7, 11) is -9.87.